The topological polar surface area (TPSA) is 3.24 Å². The number of hydrogen-bond donors (Lipinski definition) is 0. The van der Waals surface area contributed by atoms with Crippen LogP contribution in [0.3, 0.4) is 0 Å². The zero-order valence-electron chi connectivity index (χ0n) is 12.1. The molecule has 0 N–H and O–H groups in total. The van der Waals surface area contributed by atoms with Gasteiger partial charge in [0.1, 0.15) is 0 Å². The Kier molecular flexibility index (Phi) is 5.62. The van der Waals surface area contributed by atoms with Crippen molar-refractivity contribution in [2.45, 2.75) is 45.6 Å². The van der Waals surface area contributed by atoms with E-state index in [-0.39, 0.29) is 7.92 Å². The lowest BCUT2D eigenvalue weighted by atomic mass is 10.2. The second-order valence-corrected chi connectivity index (χ2v) is 8.82. The average molecular weight is 251 g/mol. The van der Waals surface area contributed by atoms with Crippen molar-refractivity contribution in [2.75, 3.05) is 14.1 Å². The van der Waals surface area contributed by atoms with Crippen LogP contribution in [0.4, 0.5) is 0 Å². The van der Waals surface area contributed by atoms with Crippen LogP contribution in [-0.4, -0.2) is 30.3 Å². The summed E-state index contributed by atoms with van der Waals surface area (Å²) in [5, 5.41) is 1.60. The van der Waals surface area contributed by atoms with Gasteiger partial charge in [-0.1, -0.05) is 59.9 Å². The van der Waals surface area contributed by atoms with Crippen molar-refractivity contribution in [3.05, 3.63) is 29.8 Å². The SMILES string of the molecule is CC(C)P(c1ccccc1CN(C)C)C(C)C. The van der Waals surface area contributed by atoms with E-state index in [0.717, 1.165) is 17.9 Å². The zero-order chi connectivity index (χ0) is 13.0. The van der Waals surface area contributed by atoms with Gasteiger partial charge in [-0.2, -0.15) is 0 Å². The second kappa shape index (κ2) is 6.52. The smallest absolute Gasteiger partial charge is 0.0233 e. The monoisotopic (exact) mass is 251 g/mol. The maximum Gasteiger partial charge on any atom is 0.0233 e. The first-order valence-electron chi connectivity index (χ1n) is 6.44. The molecule has 0 spiro atoms. The van der Waals surface area contributed by atoms with Crippen LogP contribution in [0.1, 0.15) is 33.3 Å². The molecule has 0 saturated carbocycles. The molecule has 96 valence electrons. The summed E-state index contributed by atoms with van der Waals surface area (Å²) in [6, 6.07) is 8.98. The van der Waals surface area contributed by atoms with Crippen molar-refractivity contribution in [3.8, 4) is 0 Å². The van der Waals surface area contributed by atoms with Gasteiger partial charge < -0.3 is 4.90 Å². The van der Waals surface area contributed by atoms with Crippen molar-refractivity contribution in [1.29, 1.82) is 0 Å². The molecular formula is C15H26NP. The van der Waals surface area contributed by atoms with Gasteiger partial charge in [0.15, 0.2) is 0 Å². The van der Waals surface area contributed by atoms with Crippen LogP contribution in [0.25, 0.3) is 0 Å². The number of nitrogens with zero attached hydrogens (tertiary/aromatic N) is 1. The van der Waals surface area contributed by atoms with Crippen molar-refractivity contribution >= 4 is 13.2 Å². The minimum absolute atomic E-state index is 0.0518. The Morgan fingerprint density at radius 2 is 1.53 bits per heavy atom. The Balaban J connectivity index is 3.09. The number of hydrogen-bond acceptors (Lipinski definition) is 1. The van der Waals surface area contributed by atoms with Gasteiger partial charge in [0.2, 0.25) is 0 Å². The summed E-state index contributed by atoms with van der Waals surface area (Å²) < 4.78 is 0. The highest BCUT2D eigenvalue weighted by atomic mass is 31.1. The number of benzene rings is 1. The molecule has 0 fully saturated rings. The predicted octanol–water partition coefficient (Wildman–Crippen LogP) is 3.67. The molecule has 0 aliphatic rings. The molecule has 0 amide bonds. The average Bonchev–Trinajstić information content (AvgIpc) is 2.18. The molecule has 0 bridgehead atoms. The van der Waals surface area contributed by atoms with Gasteiger partial charge in [0.25, 0.3) is 0 Å². The largest absolute Gasteiger partial charge is 0.305 e. The molecule has 0 saturated heterocycles. The fourth-order valence-corrected chi connectivity index (χ4v) is 5.43. The molecule has 1 nitrogen and oxygen atoms in total. The van der Waals surface area contributed by atoms with E-state index >= 15 is 0 Å². The van der Waals surface area contributed by atoms with Gasteiger partial charge in [-0.15, -0.1) is 0 Å². The van der Waals surface area contributed by atoms with Crippen LogP contribution in [-0.2, 0) is 6.54 Å². The summed E-state index contributed by atoms with van der Waals surface area (Å²) in [7, 11) is 4.23. The molecule has 1 aromatic rings. The second-order valence-electron chi connectivity index (χ2n) is 5.46. The minimum atomic E-state index is -0.0518. The van der Waals surface area contributed by atoms with Crippen molar-refractivity contribution in [3.63, 3.8) is 0 Å². The van der Waals surface area contributed by atoms with Gasteiger partial charge >= 0.3 is 0 Å². The maximum absolute atomic E-state index is 2.36. The summed E-state index contributed by atoms with van der Waals surface area (Å²) in [5.41, 5.74) is 3.02. The fourth-order valence-electron chi connectivity index (χ4n) is 2.39. The van der Waals surface area contributed by atoms with Crippen LogP contribution in [0, 0.1) is 0 Å². The van der Waals surface area contributed by atoms with Gasteiger partial charge in [0.05, 0.1) is 0 Å². The fraction of sp³-hybridized carbons (Fsp3) is 0.600. The van der Waals surface area contributed by atoms with E-state index in [9.17, 15) is 0 Å². The Labute approximate surface area is 108 Å². The molecule has 2 heteroatoms. The van der Waals surface area contributed by atoms with Crippen molar-refractivity contribution in [1.82, 2.24) is 4.90 Å². The van der Waals surface area contributed by atoms with E-state index < -0.39 is 0 Å². The molecule has 17 heavy (non-hydrogen) atoms. The van der Waals surface area contributed by atoms with Crippen LogP contribution >= 0.6 is 7.92 Å². The lowest BCUT2D eigenvalue weighted by Crippen LogP contribution is -2.22. The van der Waals surface area contributed by atoms with Crippen LogP contribution in [0.5, 0.6) is 0 Å². The Morgan fingerprint density at radius 1 is 1.00 bits per heavy atom. The van der Waals surface area contributed by atoms with E-state index in [0.29, 0.717) is 0 Å². The minimum Gasteiger partial charge on any atom is -0.305 e. The van der Waals surface area contributed by atoms with Gasteiger partial charge in [-0.3, -0.25) is 0 Å². The van der Waals surface area contributed by atoms with Crippen LogP contribution in [0.2, 0.25) is 0 Å². The lowest BCUT2D eigenvalue weighted by molar-refractivity contribution is 0.403. The van der Waals surface area contributed by atoms with Crippen molar-refractivity contribution < 1.29 is 0 Å². The van der Waals surface area contributed by atoms with Crippen LogP contribution < -0.4 is 5.30 Å². The molecule has 0 atom stereocenters. The molecule has 0 unspecified atom stereocenters. The predicted molar refractivity (Wildman–Crippen MR) is 80.7 cm³/mol. The summed E-state index contributed by atoms with van der Waals surface area (Å²) in [6.45, 7) is 10.5. The highest BCUT2D eigenvalue weighted by Gasteiger charge is 2.21. The first kappa shape index (κ1) is 14.7. The standard InChI is InChI=1S/C15H26NP/c1-12(2)17(13(3)4)15-10-8-7-9-14(15)11-16(5)6/h7-10,12-13H,11H2,1-6H3. The van der Waals surface area contributed by atoms with E-state index in [4.69, 9.17) is 0 Å². The molecule has 0 heterocycles. The molecule has 1 aromatic carbocycles. The molecule has 1 rings (SSSR count). The van der Waals surface area contributed by atoms with E-state index in [1.165, 1.54) is 5.56 Å². The summed E-state index contributed by atoms with van der Waals surface area (Å²) in [6.07, 6.45) is 0. The summed E-state index contributed by atoms with van der Waals surface area (Å²) in [5.74, 6) is 0. The first-order valence-corrected chi connectivity index (χ1v) is 7.92. The Hall–Kier alpha value is -0.390. The normalized spacial score (nSPS) is 12.1. The molecule has 0 aliphatic heterocycles. The van der Waals surface area contributed by atoms with Gasteiger partial charge in [-0.25, -0.2) is 0 Å². The summed E-state index contributed by atoms with van der Waals surface area (Å²) >= 11 is 0. The third-order valence-corrected chi connectivity index (χ3v) is 6.09. The Morgan fingerprint density at radius 3 is 2.00 bits per heavy atom. The van der Waals surface area contributed by atoms with E-state index in [1.54, 1.807) is 5.30 Å². The molecule has 0 radical (unpaired) electrons. The molecule has 0 aromatic heterocycles. The van der Waals surface area contributed by atoms with Gasteiger partial charge in [0, 0.05) is 6.54 Å². The Bertz CT molecular complexity index is 337. The third-order valence-electron chi connectivity index (χ3n) is 2.87. The lowest BCUT2D eigenvalue weighted by Gasteiger charge is -2.29. The third kappa shape index (κ3) is 4.08. The molecule has 0 aliphatic carbocycles. The summed E-state index contributed by atoms with van der Waals surface area (Å²) in [4.78, 5) is 2.26. The van der Waals surface area contributed by atoms with Crippen LogP contribution in [0.15, 0.2) is 24.3 Å². The zero-order valence-corrected chi connectivity index (χ0v) is 13.0. The van der Waals surface area contributed by atoms with E-state index in [2.05, 4.69) is 71.0 Å². The highest BCUT2D eigenvalue weighted by molar-refractivity contribution is 7.67. The highest BCUT2D eigenvalue weighted by Crippen LogP contribution is 2.45. The van der Waals surface area contributed by atoms with E-state index in [1.807, 2.05) is 0 Å². The quantitative estimate of drug-likeness (QED) is 0.722. The maximum atomic E-state index is 2.36. The molecular weight excluding hydrogens is 225 g/mol. The van der Waals surface area contributed by atoms with Crippen molar-refractivity contribution in [2.24, 2.45) is 0 Å². The number of rotatable bonds is 5. The van der Waals surface area contributed by atoms with Gasteiger partial charge in [-0.05, 0) is 36.3 Å². The first-order chi connectivity index (χ1) is 7.93.